The van der Waals surface area contributed by atoms with Gasteiger partial charge in [-0.1, -0.05) is 0 Å². The molecule has 0 aromatic carbocycles. The van der Waals surface area contributed by atoms with Crippen LogP contribution >= 0.6 is 15.9 Å². The number of rotatable bonds is 6. The molecule has 3 heterocycles. The molecule has 0 aliphatic rings. The van der Waals surface area contributed by atoms with E-state index in [0.717, 1.165) is 5.69 Å². The van der Waals surface area contributed by atoms with E-state index in [1.807, 2.05) is 31.3 Å². The minimum atomic E-state index is -0.266. The van der Waals surface area contributed by atoms with Gasteiger partial charge < -0.3 is 15.1 Å². The third-order valence-electron chi connectivity index (χ3n) is 3.12. The maximum atomic E-state index is 11.8. The number of furan rings is 1. The molecule has 0 spiro atoms. The standard InChI is InChI=1S/C15H15BrN6O2/c1-10-6-9-22(21-10)14-5-4-13(19-20-14)17-7-8-18-15(23)11-2-3-12(16)24-11/h2-6,9H,7-8H2,1H3,(H,17,19)(H,18,23). The maximum absolute atomic E-state index is 11.8. The van der Waals surface area contributed by atoms with E-state index >= 15 is 0 Å². The maximum Gasteiger partial charge on any atom is 0.287 e. The van der Waals surface area contributed by atoms with Crippen molar-refractivity contribution in [2.75, 3.05) is 18.4 Å². The number of amides is 1. The first-order chi connectivity index (χ1) is 11.6. The Balaban J connectivity index is 1.46. The third-order valence-corrected chi connectivity index (χ3v) is 3.55. The summed E-state index contributed by atoms with van der Waals surface area (Å²) >= 11 is 3.16. The van der Waals surface area contributed by atoms with E-state index in [1.54, 1.807) is 16.8 Å². The molecular formula is C15H15BrN6O2. The van der Waals surface area contributed by atoms with Gasteiger partial charge in [-0.3, -0.25) is 4.79 Å². The molecule has 2 N–H and O–H groups in total. The fraction of sp³-hybridized carbons (Fsp3) is 0.200. The monoisotopic (exact) mass is 390 g/mol. The second-order valence-electron chi connectivity index (χ2n) is 4.96. The first-order valence-corrected chi connectivity index (χ1v) is 8.05. The van der Waals surface area contributed by atoms with Gasteiger partial charge in [-0.05, 0) is 53.2 Å². The number of hydrogen-bond acceptors (Lipinski definition) is 6. The lowest BCUT2D eigenvalue weighted by atomic mass is 10.4. The minimum absolute atomic E-state index is 0.264. The fourth-order valence-electron chi connectivity index (χ4n) is 1.97. The lowest BCUT2D eigenvalue weighted by Gasteiger charge is -2.06. The number of nitrogens with one attached hydrogen (secondary N) is 2. The molecule has 0 saturated carbocycles. The Morgan fingerprint density at radius 1 is 1.21 bits per heavy atom. The van der Waals surface area contributed by atoms with Crippen LogP contribution in [0.25, 0.3) is 5.82 Å². The molecule has 0 radical (unpaired) electrons. The summed E-state index contributed by atoms with van der Waals surface area (Å²) in [6, 6.07) is 8.80. The molecule has 0 bridgehead atoms. The van der Waals surface area contributed by atoms with Crippen molar-refractivity contribution in [2.45, 2.75) is 6.92 Å². The molecule has 3 aromatic rings. The zero-order valence-electron chi connectivity index (χ0n) is 12.9. The van der Waals surface area contributed by atoms with Crippen molar-refractivity contribution in [1.82, 2.24) is 25.3 Å². The number of carbonyl (C=O) groups excluding carboxylic acids is 1. The Morgan fingerprint density at radius 2 is 2.08 bits per heavy atom. The normalized spacial score (nSPS) is 10.6. The first kappa shape index (κ1) is 16.2. The number of halogens is 1. The van der Waals surface area contributed by atoms with Gasteiger partial charge in [0.2, 0.25) is 0 Å². The van der Waals surface area contributed by atoms with Gasteiger partial charge in [-0.2, -0.15) is 5.10 Å². The summed E-state index contributed by atoms with van der Waals surface area (Å²) < 4.78 is 7.35. The van der Waals surface area contributed by atoms with Crippen LogP contribution in [0, 0.1) is 6.92 Å². The topological polar surface area (TPSA) is 97.9 Å². The molecule has 8 nitrogen and oxygen atoms in total. The highest BCUT2D eigenvalue weighted by Gasteiger charge is 2.09. The van der Waals surface area contributed by atoms with Gasteiger partial charge in [-0.25, -0.2) is 4.68 Å². The van der Waals surface area contributed by atoms with Gasteiger partial charge in [0.25, 0.3) is 5.91 Å². The number of anilines is 1. The highest BCUT2D eigenvalue weighted by atomic mass is 79.9. The average Bonchev–Trinajstić information content (AvgIpc) is 3.20. The van der Waals surface area contributed by atoms with Crippen LogP contribution in [0.5, 0.6) is 0 Å². The zero-order valence-corrected chi connectivity index (χ0v) is 14.4. The van der Waals surface area contributed by atoms with Crippen molar-refractivity contribution < 1.29 is 9.21 Å². The Morgan fingerprint density at radius 3 is 2.71 bits per heavy atom. The molecule has 0 aliphatic carbocycles. The molecular weight excluding hydrogens is 376 g/mol. The number of aryl methyl sites for hydroxylation is 1. The Bertz CT molecular complexity index is 827. The quantitative estimate of drug-likeness (QED) is 0.625. The number of carbonyl (C=O) groups is 1. The summed E-state index contributed by atoms with van der Waals surface area (Å²) in [6.07, 6.45) is 1.83. The summed E-state index contributed by atoms with van der Waals surface area (Å²) in [5.41, 5.74) is 0.915. The first-order valence-electron chi connectivity index (χ1n) is 7.25. The summed E-state index contributed by atoms with van der Waals surface area (Å²) in [6.45, 7) is 2.86. The third kappa shape index (κ3) is 3.99. The van der Waals surface area contributed by atoms with Gasteiger partial charge >= 0.3 is 0 Å². The average molecular weight is 391 g/mol. The van der Waals surface area contributed by atoms with Gasteiger partial charge in [-0.15, -0.1) is 10.2 Å². The van der Waals surface area contributed by atoms with Crippen LogP contribution in [0.15, 0.2) is 45.6 Å². The van der Waals surface area contributed by atoms with Gasteiger partial charge in [0.05, 0.1) is 5.69 Å². The zero-order chi connectivity index (χ0) is 16.9. The molecule has 24 heavy (non-hydrogen) atoms. The van der Waals surface area contributed by atoms with E-state index in [9.17, 15) is 4.79 Å². The van der Waals surface area contributed by atoms with Gasteiger partial charge in [0.15, 0.2) is 16.2 Å². The Hall–Kier alpha value is -2.68. The van der Waals surface area contributed by atoms with Crippen LogP contribution in [0.4, 0.5) is 5.82 Å². The highest BCUT2D eigenvalue weighted by Crippen LogP contribution is 2.13. The molecule has 0 saturated heterocycles. The van der Waals surface area contributed by atoms with Crippen LogP contribution in [0.2, 0.25) is 0 Å². The van der Waals surface area contributed by atoms with Crippen molar-refractivity contribution >= 4 is 27.7 Å². The predicted octanol–water partition coefficient (Wildman–Crippen LogP) is 2.17. The Kier molecular flexibility index (Phi) is 4.90. The summed E-state index contributed by atoms with van der Waals surface area (Å²) in [5, 5.41) is 18.3. The summed E-state index contributed by atoms with van der Waals surface area (Å²) in [7, 11) is 0. The van der Waals surface area contributed by atoms with E-state index in [-0.39, 0.29) is 11.7 Å². The van der Waals surface area contributed by atoms with Crippen molar-refractivity contribution in [1.29, 1.82) is 0 Å². The molecule has 3 aromatic heterocycles. The number of aromatic nitrogens is 4. The van der Waals surface area contributed by atoms with Crippen molar-refractivity contribution in [3.63, 3.8) is 0 Å². The number of hydrogen-bond donors (Lipinski definition) is 2. The molecule has 3 rings (SSSR count). The second kappa shape index (κ2) is 7.26. The van der Waals surface area contributed by atoms with E-state index in [1.165, 1.54) is 0 Å². The highest BCUT2D eigenvalue weighted by molar-refractivity contribution is 9.10. The van der Waals surface area contributed by atoms with E-state index in [0.29, 0.717) is 29.4 Å². The lowest BCUT2D eigenvalue weighted by molar-refractivity contribution is 0.0926. The lowest BCUT2D eigenvalue weighted by Crippen LogP contribution is -2.28. The largest absolute Gasteiger partial charge is 0.444 e. The van der Waals surface area contributed by atoms with Crippen LogP contribution in [0.3, 0.4) is 0 Å². The minimum Gasteiger partial charge on any atom is -0.444 e. The van der Waals surface area contributed by atoms with Crippen LogP contribution in [-0.4, -0.2) is 39.0 Å². The Labute approximate surface area is 146 Å². The predicted molar refractivity (Wildman–Crippen MR) is 91.1 cm³/mol. The van der Waals surface area contributed by atoms with Crippen molar-refractivity contribution in [2.24, 2.45) is 0 Å². The molecule has 9 heteroatoms. The van der Waals surface area contributed by atoms with E-state index in [2.05, 4.69) is 41.9 Å². The van der Waals surface area contributed by atoms with Gasteiger partial charge in [0.1, 0.15) is 5.82 Å². The molecule has 124 valence electrons. The van der Waals surface area contributed by atoms with Crippen molar-refractivity contribution in [3.8, 4) is 5.82 Å². The molecule has 0 unspecified atom stereocenters. The second-order valence-corrected chi connectivity index (χ2v) is 5.75. The SMILES string of the molecule is Cc1ccn(-c2ccc(NCCNC(=O)c3ccc(Br)o3)nn2)n1. The van der Waals surface area contributed by atoms with Crippen LogP contribution in [-0.2, 0) is 0 Å². The smallest absolute Gasteiger partial charge is 0.287 e. The van der Waals surface area contributed by atoms with Crippen molar-refractivity contribution in [3.05, 3.63) is 52.7 Å². The van der Waals surface area contributed by atoms with Gasteiger partial charge in [0, 0.05) is 19.3 Å². The molecule has 0 atom stereocenters. The molecule has 0 fully saturated rings. The van der Waals surface area contributed by atoms with E-state index in [4.69, 9.17) is 4.42 Å². The molecule has 1 amide bonds. The molecule has 0 aliphatic heterocycles. The van der Waals surface area contributed by atoms with Crippen LogP contribution < -0.4 is 10.6 Å². The van der Waals surface area contributed by atoms with E-state index < -0.39 is 0 Å². The fourth-order valence-corrected chi connectivity index (χ4v) is 2.28. The van der Waals surface area contributed by atoms with Crippen LogP contribution in [0.1, 0.15) is 16.2 Å². The number of nitrogens with zero attached hydrogens (tertiary/aromatic N) is 4. The summed E-state index contributed by atoms with van der Waals surface area (Å²) in [5.74, 6) is 1.27. The summed E-state index contributed by atoms with van der Waals surface area (Å²) in [4.78, 5) is 11.8.